The molecular weight excluding hydrogens is 196 g/mol. The largest absolute Gasteiger partial charge is 0.459 e. The first kappa shape index (κ1) is 10.6. The number of hydrogen-bond donors (Lipinski definition) is 2. The predicted molar refractivity (Wildman–Crippen MR) is 52.9 cm³/mol. The summed E-state index contributed by atoms with van der Waals surface area (Å²) in [5, 5.41) is 20.1. The van der Waals surface area contributed by atoms with E-state index < -0.39 is 17.7 Å². The first-order valence-corrected chi connectivity index (χ1v) is 5.19. The second-order valence-corrected chi connectivity index (χ2v) is 4.69. The highest BCUT2D eigenvalue weighted by molar-refractivity contribution is 5.92. The Morgan fingerprint density at radius 3 is 2.67 bits per heavy atom. The number of hydrogen-bond acceptors (Lipinski definition) is 4. The number of rotatable bonds is 0. The monoisotopic (exact) mass is 212 g/mol. The zero-order valence-corrected chi connectivity index (χ0v) is 9.10. The molecule has 4 heteroatoms. The second-order valence-electron chi connectivity index (χ2n) is 4.69. The fourth-order valence-corrected chi connectivity index (χ4v) is 2.37. The Labute approximate surface area is 88.6 Å². The van der Waals surface area contributed by atoms with Crippen LogP contribution in [-0.4, -0.2) is 34.0 Å². The normalized spacial score (nSPS) is 49.7. The van der Waals surface area contributed by atoms with Gasteiger partial charge in [0, 0.05) is 11.8 Å². The van der Waals surface area contributed by atoms with E-state index in [0.29, 0.717) is 0 Å². The maximum absolute atomic E-state index is 11.6. The lowest BCUT2D eigenvalue weighted by molar-refractivity contribution is -0.164. The lowest BCUT2D eigenvalue weighted by Gasteiger charge is -2.46. The SMILES string of the molecule is CC1OC(=O)C2=C[C@@H]1[C@@H](O)[C@H](C)[C@]2(C)O. The van der Waals surface area contributed by atoms with E-state index >= 15 is 0 Å². The summed E-state index contributed by atoms with van der Waals surface area (Å²) in [5.74, 6) is -1.03. The molecule has 0 aromatic carbocycles. The molecule has 2 rings (SSSR count). The number of esters is 1. The Balaban J connectivity index is 2.49. The number of carbonyl (C=O) groups excluding carboxylic acids is 1. The average Bonchev–Trinajstić information content (AvgIpc) is 2.13. The third-order valence-corrected chi connectivity index (χ3v) is 3.75. The van der Waals surface area contributed by atoms with Crippen LogP contribution in [0.1, 0.15) is 20.8 Å². The minimum Gasteiger partial charge on any atom is -0.459 e. The standard InChI is InChI=1S/C11H16O4/c1-5-9(12)7-4-8(11(5,3)14)10(13)15-6(7)2/h4-7,9,12,14H,1-3H3/t5-,6?,7-,9-,11-/m0/s1. The lowest BCUT2D eigenvalue weighted by atomic mass is 9.68. The third kappa shape index (κ3) is 1.32. The zero-order valence-electron chi connectivity index (χ0n) is 9.10. The van der Waals surface area contributed by atoms with Crippen molar-refractivity contribution in [1.82, 2.24) is 0 Å². The van der Waals surface area contributed by atoms with E-state index in [1.807, 2.05) is 0 Å². The summed E-state index contributed by atoms with van der Waals surface area (Å²) in [6.07, 6.45) is 0.655. The molecule has 0 amide bonds. The van der Waals surface area contributed by atoms with Gasteiger partial charge < -0.3 is 14.9 Å². The van der Waals surface area contributed by atoms with E-state index in [0.717, 1.165) is 0 Å². The van der Waals surface area contributed by atoms with E-state index in [4.69, 9.17) is 4.74 Å². The summed E-state index contributed by atoms with van der Waals surface area (Å²) in [7, 11) is 0. The molecular formula is C11H16O4. The van der Waals surface area contributed by atoms with Crippen molar-refractivity contribution in [3.05, 3.63) is 11.6 Å². The van der Waals surface area contributed by atoms with Gasteiger partial charge in [-0.2, -0.15) is 0 Å². The van der Waals surface area contributed by atoms with E-state index in [9.17, 15) is 15.0 Å². The summed E-state index contributed by atoms with van der Waals surface area (Å²) in [6, 6.07) is 0. The molecule has 15 heavy (non-hydrogen) atoms. The lowest BCUT2D eigenvalue weighted by Crippen LogP contribution is -2.55. The predicted octanol–water partition coefficient (Wildman–Crippen LogP) is 0.236. The first-order chi connectivity index (χ1) is 6.85. The van der Waals surface area contributed by atoms with Gasteiger partial charge in [-0.15, -0.1) is 0 Å². The molecule has 0 spiro atoms. The molecule has 0 aromatic heterocycles. The molecule has 2 N–H and O–H groups in total. The molecule has 0 saturated heterocycles. The van der Waals surface area contributed by atoms with Gasteiger partial charge >= 0.3 is 5.97 Å². The van der Waals surface area contributed by atoms with Gasteiger partial charge in [0.05, 0.1) is 17.3 Å². The first-order valence-electron chi connectivity index (χ1n) is 5.19. The molecule has 1 heterocycles. The minimum absolute atomic E-state index is 0.201. The quantitative estimate of drug-likeness (QED) is 0.564. The van der Waals surface area contributed by atoms with Crippen LogP contribution in [0.2, 0.25) is 0 Å². The summed E-state index contributed by atoms with van der Waals surface area (Å²) in [6.45, 7) is 5.04. The number of carbonyl (C=O) groups is 1. The third-order valence-electron chi connectivity index (χ3n) is 3.75. The van der Waals surface area contributed by atoms with Crippen LogP contribution in [0.4, 0.5) is 0 Å². The Morgan fingerprint density at radius 1 is 1.47 bits per heavy atom. The van der Waals surface area contributed by atoms with Crippen LogP contribution >= 0.6 is 0 Å². The van der Waals surface area contributed by atoms with Crippen molar-refractivity contribution in [2.75, 3.05) is 0 Å². The van der Waals surface area contributed by atoms with Crippen LogP contribution in [0.5, 0.6) is 0 Å². The van der Waals surface area contributed by atoms with Crippen LogP contribution in [0.15, 0.2) is 11.6 Å². The Hall–Kier alpha value is -0.870. The summed E-state index contributed by atoms with van der Waals surface area (Å²) < 4.78 is 5.08. The van der Waals surface area contributed by atoms with Gasteiger partial charge in [-0.3, -0.25) is 0 Å². The Morgan fingerprint density at radius 2 is 2.07 bits per heavy atom. The van der Waals surface area contributed by atoms with Crippen LogP contribution in [0, 0.1) is 11.8 Å². The number of aliphatic hydroxyl groups excluding tert-OH is 1. The molecule has 0 aromatic rings. The molecule has 0 saturated carbocycles. The number of aliphatic hydroxyl groups is 2. The summed E-state index contributed by atoms with van der Waals surface area (Å²) >= 11 is 0. The van der Waals surface area contributed by atoms with Crippen molar-refractivity contribution in [2.45, 2.75) is 38.6 Å². The highest BCUT2D eigenvalue weighted by Gasteiger charge is 2.51. The fraction of sp³-hybridized carbons (Fsp3) is 0.727. The van der Waals surface area contributed by atoms with E-state index in [1.54, 1.807) is 26.8 Å². The molecule has 1 unspecified atom stereocenters. The van der Waals surface area contributed by atoms with Gasteiger partial charge in [0.1, 0.15) is 6.10 Å². The number of fused-ring (bicyclic) bond motifs is 1. The van der Waals surface area contributed by atoms with Crippen molar-refractivity contribution < 1.29 is 19.7 Å². The fourth-order valence-electron chi connectivity index (χ4n) is 2.37. The van der Waals surface area contributed by atoms with Crippen molar-refractivity contribution in [3.63, 3.8) is 0 Å². The van der Waals surface area contributed by atoms with Gasteiger partial charge in [0.15, 0.2) is 0 Å². The number of cyclic esters (lactones) is 1. The van der Waals surface area contributed by atoms with Crippen LogP contribution in [0.3, 0.4) is 0 Å². The highest BCUT2D eigenvalue weighted by atomic mass is 16.5. The van der Waals surface area contributed by atoms with Gasteiger partial charge in [0.2, 0.25) is 0 Å². The molecule has 2 bridgehead atoms. The van der Waals surface area contributed by atoms with Crippen LogP contribution < -0.4 is 0 Å². The summed E-state index contributed by atoms with van der Waals surface area (Å²) in [4.78, 5) is 11.6. The zero-order chi connectivity index (χ0) is 11.4. The molecule has 84 valence electrons. The van der Waals surface area contributed by atoms with Gasteiger partial charge in [0.25, 0.3) is 0 Å². The van der Waals surface area contributed by atoms with E-state index in [-0.39, 0.29) is 23.5 Å². The molecule has 2 aliphatic rings. The van der Waals surface area contributed by atoms with Crippen molar-refractivity contribution in [2.24, 2.45) is 11.8 Å². The molecule has 4 nitrogen and oxygen atoms in total. The maximum Gasteiger partial charge on any atom is 0.336 e. The smallest absolute Gasteiger partial charge is 0.336 e. The highest BCUT2D eigenvalue weighted by Crippen LogP contribution is 2.42. The van der Waals surface area contributed by atoms with E-state index in [2.05, 4.69) is 0 Å². The van der Waals surface area contributed by atoms with Gasteiger partial charge in [-0.05, 0) is 13.8 Å². The van der Waals surface area contributed by atoms with Gasteiger partial charge in [-0.1, -0.05) is 13.0 Å². The molecule has 0 fully saturated rings. The van der Waals surface area contributed by atoms with Crippen molar-refractivity contribution in [3.8, 4) is 0 Å². The molecule has 0 radical (unpaired) electrons. The van der Waals surface area contributed by atoms with Gasteiger partial charge in [-0.25, -0.2) is 4.79 Å². The Bertz CT molecular complexity index is 331. The van der Waals surface area contributed by atoms with Crippen LogP contribution in [0.25, 0.3) is 0 Å². The topological polar surface area (TPSA) is 66.8 Å². The molecule has 5 atom stereocenters. The minimum atomic E-state index is -1.30. The van der Waals surface area contributed by atoms with E-state index in [1.165, 1.54) is 0 Å². The van der Waals surface area contributed by atoms with Crippen LogP contribution in [-0.2, 0) is 9.53 Å². The number of ether oxygens (including phenoxy) is 1. The second kappa shape index (κ2) is 3.06. The summed E-state index contributed by atoms with van der Waals surface area (Å²) in [5.41, 5.74) is -1.02. The maximum atomic E-state index is 11.6. The molecule has 1 aliphatic carbocycles. The molecule has 1 aliphatic heterocycles. The van der Waals surface area contributed by atoms with Crippen molar-refractivity contribution in [1.29, 1.82) is 0 Å². The average molecular weight is 212 g/mol. The van der Waals surface area contributed by atoms with Crippen molar-refractivity contribution >= 4 is 5.97 Å². The Kier molecular flexibility index (Phi) is 2.17.